The number of aldehydes is 1. The van der Waals surface area contributed by atoms with Crippen LogP contribution in [-0.2, 0) is 0 Å². The van der Waals surface area contributed by atoms with Gasteiger partial charge in [0, 0.05) is 23.9 Å². The van der Waals surface area contributed by atoms with E-state index in [-0.39, 0.29) is 27.2 Å². The van der Waals surface area contributed by atoms with Gasteiger partial charge in [-0.2, -0.15) is 4.52 Å². The summed E-state index contributed by atoms with van der Waals surface area (Å²) < 4.78 is 6.38. The maximum absolute atomic E-state index is 11.6. The van der Waals surface area contributed by atoms with Gasteiger partial charge in [-0.05, 0) is 23.5 Å². The zero-order chi connectivity index (χ0) is 15.7. The molecule has 0 unspecified atom stereocenters. The van der Waals surface area contributed by atoms with Crippen LogP contribution in [0, 0.1) is 10.1 Å². The Morgan fingerprint density at radius 1 is 1.36 bits per heavy atom. The molecule has 9 nitrogen and oxygen atoms in total. The Labute approximate surface area is 125 Å². The number of nitro benzene ring substituents is 1. The molecule has 2 aromatic heterocycles. The highest BCUT2D eigenvalue weighted by atomic mass is 32.1. The summed E-state index contributed by atoms with van der Waals surface area (Å²) in [4.78, 5) is 36.9. The third-order valence-electron chi connectivity index (χ3n) is 2.67. The lowest BCUT2D eigenvalue weighted by molar-refractivity contribution is -0.385. The van der Waals surface area contributed by atoms with Crippen molar-refractivity contribution in [3.05, 3.63) is 56.5 Å². The van der Waals surface area contributed by atoms with Gasteiger partial charge < -0.3 is 4.74 Å². The third-order valence-corrected chi connectivity index (χ3v) is 3.47. The molecule has 22 heavy (non-hydrogen) atoms. The summed E-state index contributed by atoms with van der Waals surface area (Å²) in [5.74, 6) is -0.137. The molecule has 1 aromatic carbocycles. The summed E-state index contributed by atoms with van der Waals surface area (Å²) in [6, 6.07) is 4.93. The summed E-state index contributed by atoms with van der Waals surface area (Å²) in [6.45, 7) is 0. The van der Waals surface area contributed by atoms with E-state index >= 15 is 0 Å². The standard InChI is InChI=1S/C12H6N4O5S/c17-6-7-1-2-8(16(19)20)9(5-7)21-12-14-15-10(18)3-4-13-11(15)22-12/h1-6H. The average Bonchev–Trinajstić information content (AvgIpc) is 2.91. The van der Waals surface area contributed by atoms with E-state index in [9.17, 15) is 19.7 Å². The molecular weight excluding hydrogens is 312 g/mol. The largest absolute Gasteiger partial charge is 0.422 e. The smallest absolute Gasteiger partial charge is 0.311 e. The lowest BCUT2D eigenvalue weighted by atomic mass is 10.2. The Kier molecular flexibility index (Phi) is 3.35. The highest BCUT2D eigenvalue weighted by Gasteiger charge is 2.18. The van der Waals surface area contributed by atoms with Gasteiger partial charge in [0.2, 0.25) is 10.7 Å². The van der Waals surface area contributed by atoms with E-state index in [1.165, 1.54) is 24.4 Å². The Balaban J connectivity index is 2.07. The van der Waals surface area contributed by atoms with Gasteiger partial charge in [0.25, 0.3) is 10.8 Å². The predicted octanol–water partition coefficient (Wildman–Crippen LogP) is 1.66. The van der Waals surface area contributed by atoms with Gasteiger partial charge in [-0.25, -0.2) is 4.98 Å². The van der Waals surface area contributed by atoms with E-state index in [1.54, 1.807) is 0 Å². The lowest BCUT2D eigenvalue weighted by Crippen LogP contribution is -2.12. The van der Waals surface area contributed by atoms with E-state index in [0.717, 1.165) is 21.9 Å². The summed E-state index contributed by atoms with van der Waals surface area (Å²) in [5, 5.41) is 14.9. The first kappa shape index (κ1) is 13.8. The fourth-order valence-electron chi connectivity index (χ4n) is 1.70. The number of fused-ring (bicyclic) bond motifs is 1. The molecule has 0 atom stereocenters. The summed E-state index contributed by atoms with van der Waals surface area (Å²) in [7, 11) is 0. The van der Waals surface area contributed by atoms with Crippen LogP contribution in [0.2, 0.25) is 0 Å². The zero-order valence-electron chi connectivity index (χ0n) is 10.7. The second kappa shape index (κ2) is 5.33. The molecule has 10 heteroatoms. The maximum Gasteiger partial charge on any atom is 0.311 e. The number of carbonyl (C=O) groups excluding carboxylic acids is 1. The van der Waals surface area contributed by atoms with Gasteiger partial charge in [-0.15, -0.1) is 5.10 Å². The molecule has 0 amide bonds. The van der Waals surface area contributed by atoms with Crippen LogP contribution in [-0.4, -0.2) is 25.8 Å². The molecular formula is C12H6N4O5S. The van der Waals surface area contributed by atoms with Gasteiger partial charge in [0.15, 0.2) is 0 Å². The van der Waals surface area contributed by atoms with Crippen molar-refractivity contribution >= 4 is 28.3 Å². The van der Waals surface area contributed by atoms with Crippen molar-refractivity contribution in [1.29, 1.82) is 0 Å². The minimum absolute atomic E-state index is 0.00180. The summed E-state index contributed by atoms with van der Waals surface area (Å²) in [6.07, 6.45) is 1.87. The number of rotatable bonds is 4. The number of nitrogens with zero attached hydrogens (tertiary/aromatic N) is 4. The molecule has 0 saturated heterocycles. The quantitative estimate of drug-likeness (QED) is 0.408. The molecule has 0 saturated carbocycles. The van der Waals surface area contributed by atoms with Gasteiger partial charge in [0.05, 0.1) is 4.92 Å². The molecule has 2 heterocycles. The molecule has 0 bridgehead atoms. The molecule has 0 spiro atoms. The van der Waals surface area contributed by atoms with Crippen molar-refractivity contribution in [3.63, 3.8) is 0 Å². The average molecular weight is 318 g/mol. The molecule has 3 rings (SSSR count). The number of nitro groups is 1. The topological polar surface area (TPSA) is 117 Å². The first-order valence-electron chi connectivity index (χ1n) is 5.85. The second-order valence-electron chi connectivity index (χ2n) is 4.05. The zero-order valence-corrected chi connectivity index (χ0v) is 11.5. The first-order valence-corrected chi connectivity index (χ1v) is 6.66. The van der Waals surface area contributed by atoms with Crippen LogP contribution in [0.4, 0.5) is 5.69 Å². The third kappa shape index (κ3) is 2.42. The van der Waals surface area contributed by atoms with Crippen molar-refractivity contribution in [2.45, 2.75) is 0 Å². The van der Waals surface area contributed by atoms with Gasteiger partial charge in [-0.3, -0.25) is 19.7 Å². The maximum atomic E-state index is 11.6. The minimum atomic E-state index is -0.637. The minimum Gasteiger partial charge on any atom is -0.422 e. The van der Waals surface area contributed by atoms with Crippen LogP contribution in [0.15, 0.2) is 35.3 Å². The van der Waals surface area contributed by atoms with Crippen LogP contribution >= 0.6 is 11.3 Å². The number of benzene rings is 1. The van der Waals surface area contributed by atoms with Crippen LogP contribution < -0.4 is 10.3 Å². The number of aromatic nitrogens is 3. The summed E-state index contributed by atoms with van der Waals surface area (Å²) >= 11 is 0.948. The fourth-order valence-corrected chi connectivity index (χ4v) is 2.44. The van der Waals surface area contributed by atoms with E-state index in [4.69, 9.17) is 4.74 Å². The molecule has 0 radical (unpaired) electrons. The molecule has 0 aliphatic heterocycles. The predicted molar refractivity (Wildman–Crippen MR) is 75.7 cm³/mol. The SMILES string of the molecule is O=Cc1ccc([N+](=O)[O-])c(Oc2nn3c(=O)ccnc3s2)c1. The molecule has 3 aromatic rings. The molecule has 0 aliphatic rings. The van der Waals surface area contributed by atoms with Gasteiger partial charge in [0.1, 0.15) is 6.29 Å². The van der Waals surface area contributed by atoms with Crippen molar-refractivity contribution in [3.8, 4) is 10.9 Å². The van der Waals surface area contributed by atoms with E-state index in [1.807, 2.05) is 0 Å². The van der Waals surface area contributed by atoms with Gasteiger partial charge in [-0.1, -0.05) is 0 Å². The van der Waals surface area contributed by atoms with E-state index in [0.29, 0.717) is 6.29 Å². The van der Waals surface area contributed by atoms with Crippen LogP contribution in [0.1, 0.15) is 10.4 Å². The van der Waals surface area contributed by atoms with Crippen molar-refractivity contribution in [1.82, 2.24) is 14.6 Å². The van der Waals surface area contributed by atoms with Gasteiger partial charge >= 0.3 is 5.69 Å². The first-order chi connectivity index (χ1) is 10.6. The monoisotopic (exact) mass is 318 g/mol. The van der Waals surface area contributed by atoms with Crippen LogP contribution in [0.25, 0.3) is 4.96 Å². The Morgan fingerprint density at radius 3 is 2.86 bits per heavy atom. The molecule has 0 N–H and O–H groups in total. The summed E-state index contributed by atoms with van der Waals surface area (Å²) in [5.41, 5.74) is -0.491. The Morgan fingerprint density at radius 2 is 2.18 bits per heavy atom. The Hall–Kier alpha value is -3.14. The van der Waals surface area contributed by atoms with E-state index in [2.05, 4.69) is 10.1 Å². The van der Waals surface area contributed by atoms with E-state index < -0.39 is 10.5 Å². The number of carbonyl (C=O) groups is 1. The van der Waals surface area contributed by atoms with Crippen LogP contribution in [0.5, 0.6) is 10.9 Å². The normalized spacial score (nSPS) is 10.5. The van der Waals surface area contributed by atoms with Crippen molar-refractivity contribution in [2.24, 2.45) is 0 Å². The second-order valence-corrected chi connectivity index (χ2v) is 4.97. The highest BCUT2D eigenvalue weighted by molar-refractivity contribution is 7.18. The molecule has 0 fully saturated rings. The molecule has 110 valence electrons. The fraction of sp³-hybridized carbons (Fsp3) is 0. The molecule has 0 aliphatic carbocycles. The van der Waals surface area contributed by atoms with Crippen molar-refractivity contribution < 1.29 is 14.5 Å². The highest BCUT2D eigenvalue weighted by Crippen LogP contribution is 2.33. The number of hydrogen-bond donors (Lipinski definition) is 0. The Bertz CT molecular complexity index is 948. The lowest BCUT2D eigenvalue weighted by Gasteiger charge is -2.02. The van der Waals surface area contributed by atoms with Crippen molar-refractivity contribution in [2.75, 3.05) is 0 Å². The number of hydrogen-bond acceptors (Lipinski definition) is 8. The van der Waals surface area contributed by atoms with Crippen LogP contribution in [0.3, 0.4) is 0 Å². The number of ether oxygens (including phenoxy) is 1.